The fourth-order valence-electron chi connectivity index (χ4n) is 17.5. The summed E-state index contributed by atoms with van der Waals surface area (Å²) >= 11 is 0. The molecule has 0 bridgehead atoms. The van der Waals surface area contributed by atoms with Crippen LogP contribution in [0.3, 0.4) is 0 Å². The van der Waals surface area contributed by atoms with Crippen LogP contribution in [0.5, 0.6) is 0 Å². The summed E-state index contributed by atoms with van der Waals surface area (Å²) in [5.41, 5.74) is 19.0. The van der Waals surface area contributed by atoms with Crippen molar-refractivity contribution in [2.24, 2.45) is 0 Å². The van der Waals surface area contributed by atoms with Gasteiger partial charge in [-0.05, 0) is 198 Å². The van der Waals surface area contributed by atoms with Gasteiger partial charge in [-0.3, -0.25) is 0 Å². The molecule has 0 amide bonds. The van der Waals surface area contributed by atoms with Crippen molar-refractivity contribution in [1.82, 2.24) is 34.1 Å². The van der Waals surface area contributed by atoms with Gasteiger partial charge >= 0.3 is 51.4 Å². The van der Waals surface area contributed by atoms with E-state index in [9.17, 15) is 0 Å². The summed E-state index contributed by atoms with van der Waals surface area (Å²) in [6.07, 6.45) is 18.9. The van der Waals surface area contributed by atoms with E-state index in [-0.39, 0.29) is 103 Å². The number of hydrogen-bond donors (Lipinski definition) is 0. The fourth-order valence-corrected chi connectivity index (χ4v) is 17.5. The molecule has 18 aromatic rings. The first kappa shape index (κ1) is 84.0. The van der Waals surface area contributed by atoms with Gasteiger partial charge in [0.15, 0.2) is 0 Å². The number of benzene rings is 15. The first-order valence-electron chi connectivity index (χ1n) is 41.4. The predicted octanol–water partition coefficient (Wildman–Crippen LogP) is 22.1. The van der Waals surface area contributed by atoms with Crippen molar-refractivity contribution >= 4 is 97.3 Å². The van der Waals surface area contributed by atoms with Crippen molar-refractivity contribution < 1.29 is 78.8 Å². The maximum atomic E-state index is 6.00. The van der Waals surface area contributed by atoms with Crippen molar-refractivity contribution in [2.45, 2.75) is 90.8 Å². The zero-order valence-corrected chi connectivity index (χ0v) is 75.9. The van der Waals surface area contributed by atoms with Gasteiger partial charge in [-0.25, -0.2) is 0 Å². The third-order valence-corrected chi connectivity index (χ3v) is 23.7. The Labute approximate surface area is 769 Å². The van der Waals surface area contributed by atoms with Gasteiger partial charge in [-0.2, -0.15) is 9.15 Å². The molecule has 3 atom stereocenters. The third kappa shape index (κ3) is 16.4. The van der Waals surface area contributed by atoms with Crippen LogP contribution in [0, 0.1) is 0 Å². The monoisotopic (exact) mass is 1660 g/mol. The number of hydrogen-bond acceptors (Lipinski definition) is 6. The molecule has 0 saturated carbocycles. The van der Waals surface area contributed by atoms with Crippen LogP contribution < -0.4 is 81.7 Å². The van der Waals surface area contributed by atoms with E-state index in [0.717, 1.165) is 28.7 Å². The summed E-state index contributed by atoms with van der Waals surface area (Å²) in [6.45, 7) is 17.7. The minimum Gasteiger partial charge on any atom is -0.577 e. The Balaban J connectivity index is 0.000000123. The van der Waals surface area contributed by atoms with Gasteiger partial charge in [0.1, 0.15) is 0 Å². The third-order valence-electron chi connectivity index (χ3n) is 23.7. The molecule has 1 radical (unpaired) electrons. The van der Waals surface area contributed by atoms with E-state index in [1.165, 1.54) is 142 Å². The molecule has 0 spiro atoms. The molecule has 3 unspecified atom stereocenters. The Morgan fingerprint density at radius 3 is 1.09 bits per heavy atom. The summed E-state index contributed by atoms with van der Waals surface area (Å²) in [6, 6.07) is 118. The molecular formula is C110H93KN7O2PV+2. The minimum atomic E-state index is 0. The number of aromatic nitrogens is 5. The summed E-state index contributed by atoms with van der Waals surface area (Å²) in [5, 5.41) is 35.2. The molecule has 589 valence electrons. The number of rotatable bonds is 10. The molecule has 2 aliphatic carbocycles. The molecule has 4 aliphatic rings. The molecular weight excluding hydrogens is 1570 g/mol. The zero-order chi connectivity index (χ0) is 80.9. The molecule has 15 aromatic carbocycles. The van der Waals surface area contributed by atoms with Gasteiger partial charge in [0, 0.05) is 104 Å². The van der Waals surface area contributed by atoms with E-state index in [1.807, 2.05) is 48.5 Å². The van der Waals surface area contributed by atoms with E-state index in [2.05, 4.69) is 417 Å². The standard InChI is InChI=1S/C34H22.C30H30N4O2.C30H22N2.C16H17N.K.H2P.V/c1-3-11-25-21-27(19-17-23(25)9-1)33-29-13-5-7-15-31(29)34(32-16-8-6-14-30(32)33)28-20-18-24-10-2-4-12-26(24)22-28;1-29(2,3)23-14-10-19(11-15-23)25-31-33-27(35-25)21-8-7-9-22(18-21)28-34-32-26(36-28)20-12-16-24(17-13-20)30(4,5)6;1-5-16-27-23(12-1)24-13-2-6-17-28(24)31(27)21-10-9-11-22(20-21)32-29-18-7-3-14-25(29)26-15-4-8-19-30(26)32;1-3-12(2)17-15-10-6-4-8-13(15)14-9-5-7-11-16(14)17;;;/h1-22H;7-18H,1-6H3;1-20,27,29H;4-12H,3H2,1-2H3;;1H2;/q;;+2;;+1;-1;. The van der Waals surface area contributed by atoms with Gasteiger partial charge in [0.25, 0.3) is 0 Å². The Hall–Kier alpha value is -11.6. The maximum absolute atomic E-state index is 6.00. The van der Waals surface area contributed by atoms with Gasteiger partial charge in [0.05, 0.1) is 16.5 Å². The number of para-hydroxylation sites is 4. The molecule has 0 N–H and O–H groups in total. The van der Waals surface area contributed by atoms with Gasteiger partial charge in [-0.1, -0.05) is 297 Å². The molecule has 122 heavy (non-hydrogen) atoms. The molecule has 9 nitrogen and oxygen atoms in total. The second-order valence-electron chi connectivity index (χ2n) is 33.3. The first-order chi connectivity index (χ1) is 58.2. The van der Waals surface area contributed by atoms with Crippen molar-refractivity contribution in [3.8, 4) is 68.1 Å². The number of fused-ring (bicyclic) bond motifs is 11. The van der Waals surface area contributed by atoms with Crippen LogP contribution >= 0.6 is 9.90 Å². The van der Waals surface area contributed by atoms with E-state index in [4.69, 9.17) is 8.83 Å². The van der Waals surface area contributed by atoms with Crippen LogP contribution in [0.2, 0.25) is 0 Å². The molecule has 12 heteroatoms. The van der Waals surface area contributed by atoms with Crippen LogP contribution in [0.15, 0.2) is 385 Å². The van der Waals surface area contributed by atoms with E-state index >= 15 is 0 Å². The molecule has 22 rings (SSSR count). The van der Waals surface area contributed by atoms with Crippen molar-refractivity contribution in [3.63, 3.8) is 0 Å². The van der Waals surface area contributed by atoms with Crippen LogP contribution in [0.4, 0.5) is 11.4 Å². The molecule has 5 heterocycles. The smallest absolute Gasteiger partial charge is 0.577 e. The molecule has 0 saturated heterocycles. The average Bonchev–Trinajstić information content (AvgIpc) is 1.74. The zero-order valence-electron chi connectivity index (χ0n) is 70.2. The van der Waals surface area contributed by atoms with Gasteiger partial charge in [-0.15, -0.1) is 20.4 Å². The minimum absolute atomic E-state index is 0. The first-order valence-corrected chi connectivity index (χ1v) is 41.4. The molecule has 0 fully saturated rings. The molecule has 2 aliphatic heterocycles. The normalized spacial score (nSPS) is 14.3. The Morgan fingerprint density at radius 1 is 0.344 bits per heavy atom. The van der Waals surface area contributed by atoms with Crippen LogP contribution in [0.25, 0.3) is 144 Å². The maximum Gasteiger partial charge on any atom is 1.00 e. The van der Waals surface area contributed by atoms with Crippen molar-refractivity contribution in [3.05, 3.63) is 408 Å². The van der Waals surface area contributed by atoms with Gasteiger partial charge in [0.2, 0.25) is 57.7 Å². The fraction of sp³-hybridized carbons (Fsp3) is 0.127. The van der Waals surface area contributed by atoms with Crippen molar-refractivity contribution in [2.75, 3.05) is 0 Å². The largest absolute Gasteiger partial charge is 1.00 e. The SMILES string of the molecule is C1=CC2=c3ccccc3=[N+](c3cccc([N+]4=c5ccccc5=C5C=CC=CC54)c3)C2C=C1.CC(C)(C)c1ccc(-c2nnc(-c3cccc(-c4nnc(-c5ccc(C(C)(C)C)cc5)o4)c3)o2)cc1.CCC(C)n1c2ccccc2c2ccccc21.[K+].[PH2-].[V].c1ccc2cc(-c3c4ccccc4c(-c4ccc5ccccc5c4)c4ccccc34)ccc2c1. The van der Waals surface area contributed by atoms with Crippen LogP contribution in [-0.4, -0.2) is 37.0 Å². The second-order valence-corrected chi connectivity index (χ2v) is 33.3. The summed E-state index contributed by atoms with van der Waals surface area (Å²) < 4.78 is 19.4. The summed E-state index contributed by atoms with van der Waals surface area (Å²) in [5.74, 6) is 1.83. The predicted molar refractivity (Wildman–Crippen MR) is 503 cm³/mol. The Morgan fingerprint density at radius 2 is 0.689 bits per heavy atom. The van der Waals surface area contributed by atoms with E-state index < -0.39 is 0 Å². The Kier molecular flexibility index (Phi) is 24.7. The van der Waals surface area contributed by atoms with E-state index in [1.54, 1.807) is 0 Å². The quantitative estimate of drug-likeness (QED) is 0.0587. The topological polar surface area (TPSA) is 88.8 Å². The van der Waals surface area contributed by atoms with Gasteiger partial charge < -0.3 is 23.3 Å². The van der Waals surface area contributed by atoms with E-state index in [0.29, 0.717) is 29.6 Å². The summed E-state index contributed by atoms with van der Waals surface area (Å²) in [4.78, 5) is 0. The van der Waals surface area contributed by atoms with Crippen LogP contribution in [0.1, 0.15) is 79.0 Å². The average molecular weight is 1670 g/mol. The van der Waals surface area contributed by atoms with Crippen molar-refractivity contribution in [1.29, 1.82) is 0 Å². The second kappa shape index (κ2) is 35.8. The Bertz CT molecular complexity index is 6940. The number of allylic oxidation sites excluding steroid dienone is 4. The summed E-state index contributed by atoms with van der Waals surface area (Å²) in [7, 11) is 0. The number of nitrogens with zero attached hydrogens (tertiary/aromatic N) is 7. The molecule has 3 aromatic heterocycles. The van der Waals surface area contributed by atoms with Crippen LogP contribution in [-0.2, 0) is 29.4 Å².